The fraction of sp³-hybridized carbons (Fsp3) is 0.286. The van der Waals surface area contributed by atoms with Gasteiger partial charge in [0.1, 0.15) is 0 Å². The van der Waals surface area contributed by atoms with Crippen molar-refractivity contribution in [2.75, 3.05) is 11.4 Å². The van der Waals surface area contributed by atoms with Crippen LogP contribution in [0.2, 0.25) is 0 Å². The summed E-state index contributed by atoms with van der Waals surface area (Å²) >= 11 is 0. The first kappa shape index (κ1) is 16.5. The number of hydrogen-bond acceptors (Lipinski definition) is 4. The van der Waals surface area contributed by atoms with Crippen molar-refractivity contribution in [1.82, 2.24) is 10.1 Å². The number of aryl methyl sites for hydroxylation is 2. The molecule has 4 rings (SSSR count). The molecule has 0 N–H and O–H groups in total. The highest BCUT2D eigenvalue weighted by molar-refractivity contribution is 5.97. The highest BCUT2D eigenvalue weighted by Gasteiger charge is 2.35. The summed E-state index contributed by atoms with van der Waals surface area (Å²) in [6.07, 6.45) is 1.30. The van der Waals surface area contributed by atoms with Gasteiger partial charge in [0.05, 0.1) is 0 Å². The number of hydrogen-bond donors (Lipinski definition) is 0. The summed E-state index contributed by atoms with van der Waals surface area (Å²) in [6.45, 7) is 4.72. The number of benzene rings is 2. The maximum atomic E-state index is 12.6. The second-order valence-corrected chi connectivity index (χ2v) is 6.71. The van der Waals surface area contributed by atoms with Crippen LogP contribution in [0.5, 0.6) is 0 Å². The van der Waals surface area contributed by atoms with Crippen molar-refractivity contribution in [2.45, 2.75) is 32.6 Å². The number of nitrogens with zero attached hydrogens (tertiary/aromatic N) is 3. The van der Waals surface area contributed by atoms with Gasteiger partial charge in [-0.1, -0.05) is 48.0 Å². The summed E-state index contributed by atoms with van der Waals surface area (Å²) in [6, 6.07) is 16.0. The van der Waals surface area contributed by atoms with Crippen molar-refractivity contribution in [1.29, 1.82) is 0 Å². The minimum atomic E-state index is -0.0460. The average molecular weight is 347 g/mol. The monoisotopic (exact) mass is 347 g/mol. The van der Waals surface area contributed by atoms with Crippen LogP contribution in [-0.2, 0) is 11.2 Å². The van der Waals surface area contributed by atoms with E-state index in [9.17, 15) is 4.79 Å². The molecule has 1 fully saturated rings. The zero-order valence-corrected chi connectivity index (χ0v) is 15.0. The Bertz CT molecular complexity index is 930. The van der Waals surface area contributed by atoms with Gasteiger partial charge in [0.15, 0.2) is 5.82 Å². The van der Waals surface area contributed by atoms with Gasteiger partial charge in [-0.25, -0.2) is 0 Å². The van der Waals surface area contributed by atoms with Gasteiger partial charge >= 0.3 is 0 Å². The summed E-state index contributed by atoms with van der Waals surface area (Å²) < 4.78 is 5.43. The summed E-state index contributed by atoms with van der Waals surface area (Å²) in [7, 11) is 0. The number of carbonyl (C=O) groups excluding carboxylic acids is 1. The Hall–Kier alpha value is -2.95. The predicted molar refractivity (Wildman–Crippen MR) is 100 cm³/mol. The van der Waals surface area contributed by atoms with Gasteiger partial charge < -0.3 is 9.42 Å². The molecular weight excluding hydrogens is 326 g/mol. The molecular formula is C21H21N3O2. The molecule has 5 nitrogen and oxygen atoms in total. The highest BCUT2D eigenvalue weighted by atomic mass is 16.5. The zero-order valence-electron chi connectivity index (χ0n) is 15.0. The molecule has 1 unspecified atom stereocenters. The molecule has 1 saturated heterocycles. The molecule has 0 saturated carbocycles. The number of carbonyl (C=O) groups is 1. The molecule has 1 amide bonds. The van der Waals surface area contributed by atoms with E-state index in [2.05, 4.69) is 23.1 Å². The van der Waals surface area contributed by atoms with Crippen LogP contribution in [0.1, 0.15) is 36.2 Å². The molecule has 1 aromatic heterocycles. The summed E-state index contributed by atoms with van der Waals surface area (Å²) in [5.41, 5.74) is 4.24. The van der Waals surface area contributed by atoms with Crippen molar-refractivity contribution in [3.63, 3.8) is 0 Å². The second-order valence-electron chi connectivity index (χ2n) is 6.71. The van der Waals surface area contributed by atoms with E-state index in [1.54, 1.807) is 0 Å². The van der Waals surface area contributed by atoms with E-state index < -0.39 is 0 Å². The molecule has 2 aromatic carbocycles. The van der Waals surface area contributed by atoms with Gasteiger partial charge in [-0.05, 0) is 37.1 Å². The molecule has 1 atom stereocenters. The topological polar surface area (TPSA) is 59.2 Å². The smallest absolute Gasteiger partial charge is 0.257 e. The first-order chi connectivity index (χ1) is 12.7. The second kappa shape index (κ2) is 6.75. The number of anilines is 1. The van der Waals surface area contributed by atoms with Gasteiger partial charge in [-0.15, -0.1) is 0 Å². The molecule has 26 heavy (non-hydrogen) atoms. The molecule has 132 valence electrons. The third kappa shape index (κ3) is 3.01. The van der Waals surface area contributed by atoms with Crippen LogP contribution in [0, 0.1) is 6.92 Å². The Morgan fingerprint density at radius 3 is 2.69 bits per heavy atom. The fourth-order valence-corrected chi connectivity index (χ4v) is 3.40. The molecule has 0 aliphatic carbocycles. The van der Waals surface area contributed by atoms with Crippen LogP contribution in [0.25, 0.3) is 11.5 Å². The van der Waals surface area contributed by atoms with E-state index in [4.69, 9.17) is 4.52 Å². The van der Waals surface area contributed by atoms with E-state index in [0.29, 0.717) is 24.7 Å². The van der Waals surface area contributed by atoms with Crippen LogP contribution in [0.3, 0.4) is 0 Å². The molecule has 5 heteroatoms. The lowest BCUT2D eigenvalue weighted by molar-refractivity contribution is -0.117. The maximum Gasteiger partial charge on any atom is 0.257 e. The Labute approximate surface area is 152 Å². The lowest BCUT2D eigenvalue weighted by Gasteiger charge is -2.19. The Morgan fingerprint density at radius 1 is 1.15 bits per heavy atom. The van der Waals surface area contributed by atoms with Gasteiger partial charge in [-0.3, -0.25) is 4.79 Å². The van der Waals surface area contributed by atoms with Gasteiger partial charge in [0, 0.05) is 30.1 Å². The molecule has 2 heterocycles. The van der Waals surface area contributed by atoms with E-state index >= 15 is 0 Å². The van der Waals surface area contributed by atoms with Crippen molar-refractivity contribution < 1.29 is 9.32 Å². The van der Waals surface area contributed by atoms with Crippen LogP contribution in [-0.4, -0.2) is 22.6 Å². The molecule has 1 aliphatic heterocycles. The quantitative estimate of drug-likeness (QED) is 0.712. The van der Waals surface area contributed by atoms with Crippen LogP contribution >= 0.6 is 0 Å². The van der Waals surface area contributed by atoms with E-state index in [0.717, 1.165) is 17.7 Å². The number of amides is 1. The van der Waals surface area contributed by atoms with Crippen LogP contribution in [0.15, 0.2) is 53.1 Å². The lowest BCUT2D eigenvalue weighted by Crippen LogP contribution is -2.25. The SMILES string of the molecule is CCc1ccccc1N1CC(c2noc(-c3ccc(C)cc3)n2)CC1=O. The third-order valence-corrected chi connectivity index (χ3v) is 4.89. The van der Waals surface area contributed by atoms with Crippen LogP contribution < -0.4 is 4.90 Å². The standard InChI is InChI=1S/C21H21N3O2/c1-3-15-6-4-5-7-18(15)24-13-17(12-19(24)25)20-22-21(26-23-20)16-10-8-14(2)9-11-16/h4-11,17H,3,12-13H2,1-2H3. The zero-order chi connectivity index (χ0) is 18.1. The summed E-state index contributed by atoms with van der Waals surface area (Å²) in [4.78, 5) is 19.0. The maximum absolute atomic E-state index is 12.6. The molecule has 0 radical (unpaired) electrons. The number of rotatable bonds is 4. The highest BCUT2D eigenvalue weighted by Crippen LogP contribution is 2.33. The number of para-hydroxylation sites is 1. The average Bonchev–Trinajstić information content (AvgIpc) is 3.29. The van der Waals surface area contributed by atoms with Gasteiger partial charge in [-0.2, -0.15) is 4.98 Å². The minimum absolute atomic E-state index is 0.0460. The van der Waals surface area contributed by atoms with Gasteiger partial charge in [0.2, 0.25) is 5.91 Å². The normalized spacial score (nSPS) is 17.1. The fourth-order valence-electron chi connectivity index (χ4n) is 3.40. The van der Waals surface area contributed by atoms with Gasteiger partial charge in [0.25, 0.3) is 5.89 Å². The Balaban J connectivity index is 1.57. The van der Waals surface area contributed by atoms with E-state index in [-0.39, 0.29) is 11.8 Å². The van der Waals surface area contributed by atoms with Crippen molar-refractivity contribution in [2.24, 2.45) is 0 Å². The first-order valence-electron chi connectivity index (χ1n) is 8.94. The van der Waals surface area contributed by atoms with Crippen molar-refractivity contribution >= 4 is 11.6 Å². The first-order valence-corrected chi connectivity index (χ1v) is 8.94. The summed E-state index contributed by atoms with van der Waals surface area (Å²) in [5, 5.41) is 4.14. The third-order valence-electron chi connectivity index (χ3n) is 4.89. The predicted octanol–water partition coefficient (Wildman–Crippen LogP) is 4.13. The summed E-state index contributed by atoms with van der Waals surface area (Å²) in [5.74, 6) is 1.17. The molecule has 1 aliphatic rings. The molecule has 0 bridgehead atoms. The van der Waals surface area contributed by atoms with E-state index in [1.807, 2.05) is 54.3 Å². The lowest BCUT2D eigenvalue weighted by atomic mass is 10.1. The number of aromatic nitrogens is 2. The molecule has 0 spiro atoms. The largest absolute Gasteiger partial charge is 0.334 e. The van der Waals surface area contributed by atoms with E-state index in [1.165, 1.54) is 11.1 Å². The minimum Gasteiger partial charge on any atom is -0.334 e. The van der Waals surface area contributed by atoms with Crippen molar-refractivity contribution in [3.05, 3.63) is 65.5 Å². The molecule has 3 aromatic rings. The Morgan fingerprint density at radius 2 is 1.92 bits per heavy atom. The van der Waals surface area contributed by atoms with Crippen LogP contribution in [0.4, 0.5) is 5.69 Å². The Kier molecular flexibility index (Phi) is 4.29. The van der Waals surface area contributed by atoms with Crippen molar-refractivity contribution in [3.8, 4) is 11.5 Å².